The number of nitrogens with one attached hydrogen (secondary N) is 1. The van der Waals surface area contributed by atoms with Gasteiger partial charge in [0.15, 0.2) is 0 Å². The molecule has 2 nitrogen and oxygen atoms in total. The first-order valence-corrected chi connectivity index (χ1v) is 7.40. The summed E-state index contributed by atoms with van der Waals surface area (Å²) < 4.78 is 32.6. The molecule has 1 heterocycles. The van der Waals surface area contributed by atoms with Crippen molar-refractivity contribution < 1.29 is 13.5 Å². The van der Waals surface area contributed by atoms with Gasteiger partial charge in [0.05, 0.1) is 6.10 Å². The molecule has 4 heteroatoms. The van der Waals surface area contributed by atoms with Gasteiger partial charge in [0, 0.05) is 18.7 Å². The molecule has 0 spiro atoms. The van der Waals surface area contributed by atoms with Crippen LogP contribution in [0.2, 0.25) is 0 Å². The molecule has 1 aliphatic rings. The van der Waals surface area contributed by atoms with Crippen molar-refractivity contribution >= 4 is 0 Å². The van der Waals surface area contributed by atoms with Crippen LogP contribution < -0.4 is 5.32 Å². The molecule has 1 fully saturated rings. The molecule has 0 bridgehead atoms. The van der Waals surface area contributed by atoms with Crippen LogP contribution in [0.1, 0.15) is 32.3 Å². The number of ether oxygens (including phenoxy) is 1. The third kappa shape index (κ3) is 3.76. The van der Waals surface area contributed by atoms with Crippen LogP contribution >= 0.6 is 0 Å². The molecule has 2 rings (SSSR count). The van der Waals surface area contributed by atoms with Crippen molar-refractivity contribution in [1.29, 1.82) is 0 Å². The molecule has 1 aliphatic heterocycles. The minimum absolute atomic E-state index is 0.0763. The van der Waals surface area contributed by atoms with E-state index in [4.69, 9.17) is 4.74 Å². The van der Waals surface area contributed by atoms with E-state index in [1.165, 1.54) is 12.1 Å². The zero-order valence-electron chi connectivity index (χ0n) is 12.2. The van der Waals surface area contributed by atoms with E-state index in [0.29, 0.717) is 17.9 Å². The first-order chi connectivity index (χ1) is 9.61. The molecule has 112 valence electrons. The van der Waals surface area contributed by atoms with Crippen LogP contribution in [0.15, 0.2) is 18.2 Å². The predicted molar refractivity (Wildman–Crippen MR) is 75.7 cm³/mol. The summed E-state index contributed by atoms with van der Waals surface area (Å²) >= 11 is 0. The molecule has 1 aromatic carbocycles. The van der Waals surface area contributed by atoms with Gasteiger partial charge in [-0.3, -0.25) is 0 Å². The summed E-state index contributed by atoms with van der Waals surface area (Å²) in [7, 11) is 0. The fourth-order valence-electron chi connectivity index (χ4n) is 2.79. The molecule has 1 saturated heterocycles. The van der Waals surface area contributed by atoms with Gasteiger partial charge in [0.25, 0.3) is 0 Å². The number of hydrogen-bond acceptors (Lipinski definition) is 2. The Morgan fingerprint density at radius 2 is 2.20 bits per heavy atom. The molecule has 0 radical (unpaired) electrons. The molecule has 0 amide bonds. The lowest BCUT2D eigenvalue weighted by Gasteiger charge is -2.27. The monoisotopic (exact) mass is 283 g/mol. The third-order valence-corrected chi connectivity index (χ3v) is 3.95. The predicted octanol–water partition coefficient (Wildman–Crippen LogP) is 3.30. The second kappa shape index (κ2) is 7.14. The molecule has 20 heavy (non-hydrogen) atoms. The number of hydrogen-bond donors (Lipinski definition) is 1. The van der Waals surface area contributed by atoms with E-state index in [0.717, 1.165) is 32.1 Å². The summed E-state index contributed by atoms with van der Waals surface area (Å²) in [5.41, 5.74) is 0.544. The minimum Gasteiger partial charge on any atom is -0.376 e. The van der Waals surface area contributed by atoms with Crippen molar-refractivity contribution in [1.82, 2.24) is 5.32 Å². The lowest BCUT2D eigenvalue weighted by Crippen LogP contribution is -2.44. The summed E-state index contributed by atoms with van der Waals surface area (Å²) in [6.45, 7) is 5.91. The summed E-state index contributed by atoms with van der Waals surface area (Å²) in [5, 5.41) is 3.45. The molecular formula is C16H23F2NO. The average molecular weight is 283 g/mol. The highest BCUT2D eigenvalue weighted by molar-refractivity contribution is 5.20. The van der Waals surface area contributed by atoms with Crippen molar-refractivity contribution in [3.8, 4) is 0 Å². The largest absolute Gasteiger partial charge is 0.376 e. The van der Waals surface area contributed by atoms with Gasteiger partial charge in [0.2, 0.25) is 0 Å². The van der Waals surface area contributed by atoms with Gasteiger partial charge in [-0.15, -0.1) is 0 Å². The minimum atomic E-state index is -0.533. The Kier molecular flexibility index (Phi) is 5.49. The Morgan fingerprint density at radius 1 is 1.40 bits per heavy atom. The Hall–Kier alpha value is -1.00. The van der Waals surface area contributed by atoms with Crippen LogP contribution in [-0.4, -0.2) is 25.3 Å². The summed E-state index contributed by atoms with van der Waals surface area (Å²) in [6, 6.07) is 3.87. The zero-order valence-corrected chi connectivity index (χ0v) is 12.2. The van der Waals surface area contributed by atoms with Crippen molar-refractivity contribution in [3.05, 3.63) is 35.4 Å². The third-order valence-electron chi connectivity index (χ3n) is 3.95. The Morgan fingerprint density at radius 3 is 2.80 bits per heavy atom. The average Bonchev–Trinajstić information content (AvgIpc) is 2.83. The summed E-state index contributed by atoms with van der Waals surface area (Å²) in [5.74, 6) is -0.540. The number of rotatable bonds is 6. The quantitative estimate of drug-likeness (QED) is 0.865. The molecule has 0 aliphatic carbocycles. The van der Waals surface area contributed by atoms with Gasteiger partial charge < -0.3 is 10.1 Å². The fourth-order valence-corrected chi connectivity index (χ4v) is 2.79. The summed E-state index contributed by atoms with van der Waals surface area (Å²) in [4.78, 5) is 0. The van der Waals surface area contributed by atoms with Crippen LogP contribution in [0.5, 0.6) is 0 Å². The van der Waals surface area contributed by atoms with Crippen molar-refractivity contribution in [2.24, 2.45) is 5.92 Å². The molecule has 0 saturated carbocycles. The molecule has 3 atom stereocenters. The first kappa shape index (κ1) is 15.4. The maximum absolute atomic E-state index is 13.8. The van der Waals surface area contributed by atoms with E-state index in [2.05, 4.69) is 19.2 Å². The standard InChI is InChI=1S/C16H23F2NO/c1-3-7-19-15(16-11(2)6-8-20-16)9-12-4-5-13(17)10-14(12)18/h4-5,10-11,15-16,19H,3,6-9H2,1-2H3. The van der Waals surface area contributed by atoms with Gasteiger partial charge >= 0.3 is 0 Å². The van der Waals surface area contributed by atoms with E-state index in [-0.39, 0.29) is 12.1 Å². The van der Waals surface area contributed by atoms with E-state index in [9.17, 15) is 8.78 Å². The molecule has 1 aromatic rings. The normalized spacial score (nSPS) is 24.0. The Balaban J connectivity index is 2.10. The van der Waals surface area contributed by atoms with Crippen LogP contribution in [0.25, 0.3) is 0 Å². The number of halogens is 2. The van der Waals surface area contributed by atoms with Crippen molar-refractivity contribution in [3.63, 3.8) is 0 Å². The van der Waals surface area contributed by atoms with Crippen molar-refractivity contribution in [2.75, 3.05) is 13.2 Å². The molecular weight excluding hydrogens is 260 g/mol. The van der Waals surface area contributed by atoms with Gasteiger partial charge in [0.1, 0.15) is 11.6 Å². The lowest BCUT2D eigenvalue weighted by atomic mass is 9.92. The second-order valence-electron chi connectivity index (χ2n) is 5.60. The van der Waals surface area contributed by atoms with E-state index >= 15 is 0 Å². The van der Waals surface area contributed by atoms with Gasteiger partial charge in [-0.05, 0) is 43.4 Å². The smallest absolute Gasteiger partial charge is 0.129 e. The van der Waals surface area contributed by atoms with Crippen LogP contribution in [0.3, 0.4) is 0 Å². The van der Waals surface area contributed by atoms with Gasteiger partial charge in [-0.25, -0.2) is 8.78 Å². The van der Waals surface area contributed by atoms with Crippen molar-refractivity contribution in [2.45, 2.75) is 45.3 Å². The molecule has 0 aromatic heterocycles. The number of benzene rings is 1. The molecule has 3 unspecified atom stereocenters. The maximum atomic E-state index is 13.8. The highest BCUT2D eigenvalue weighted by Crippen LogP contribution is 2.25. The first-order valence-electron chi connectivity index (χ1n) is 7.40. The highest BCUT2D eigenvalue weighted by Gasteiger charge is 2.32. The van der Waals surface area contributed by atoms with Crippen LogP contribution in [-0.2, 0) is 11.2 Å². The lowest BCUT2D eigenvalue weighted by molar-refractivity contribution is 0.0608. The second-order valence-corrected chi connectivity index (χ2v) is 5.60. The Bertz CT molecular complexity index is 438. The van der Waals surface area contributed by atoms with Crippen LogP contribution in [0.4, 0.5) is 8.78 Å². The fraction of sp³-hybridized carbons (Fsp3) is 0.625. The summed E-state index contributed by atoms with van der Waals surface area (Å²) in [6.07, 6.45) is 2.69. The van der Waals surface area contributed by atoms with E-state index in [1.54, 1.807) is 0 Å². The van der Waals surface area contributed by atoms with Gasteiger partial charge in [-0.2, -0.15) is 0 Å². The van der Waals surface area contributed by atoms with E-state index < -0.39 is 11.6 Å². The van der Waals surface area contributed by atoms with Crippen LogP contribution in [0, 0.1) is 17.6 Å². The highest BCUT2D eigenvalue weighted by atomic mass is 19.1. The zero-order chi connectivity index (χ0) is 14.5. The maximum Gasteiger partial charge on any atom is 0.129 e. The SMILES string of the molecule is CCCNC(Cc1ccc(F)cc1F)C1OCCC1C. The Labute approximate surface area is 119 Å². The molecule has 1 N–H and O–H groups in total. The van der Waals surface area contributed by atoms with E-state index in [1.807, 2.05) is 0 Å². The van der Waals surface area contributed by atoms with Gasteiger partial charge in [-0.1, -0.05) is 19.9 Å². The topological polar surface area (TPSA) is 21.3 Å².